The molecule has 0 fully saturated rings. The van der Waals surface area contributed by atoms with Crippen LogP contribution in [0.4, 0.5) is 4.79 Å². The number of nitrogens with one attached hydrogen (secondary N) is 1. The van der Waals surface area contributed by atoms with E-state index in [1.807, 2.05) is 12.2 Å². The average molecular weight is 437 g/mol. The van der Waals surface area contributed by atoms with Gasteiger partial charge in [0.15, 0.2) is 5.16 Å². The molecule has 0 aliphatic heterocycles. The van der Waals surface area contributed by atoms with Gasteiger partial charge < -0.3 is 5.73 Å². The largest absolute Gasteiger partial charge is 0.351 e. The maximum atomic E-state index is 13.3. The monoisotopic (exact) mass is 436 g/mol. The number of urea groups is 1. The molecule has 2 aromatic rings. The van der Waals surface area contributed by atoms with Crippen LogP contribution < -0.4 is 16.6 Å². The molecule has 0 radical (unpaired) electrons. The fraction of sp³-hybridized carbons (Fsp3) is 0.600. The first kappa shape index (κ1) is 21.8. The molecule has 3 N–H and O–H groups in total. The smallest absolute Gasteiger partial charge is 0.318 e. The van der Waals surface area contributed by atoms with Crippen LogP contribution in [0, 0.1) is 11.3 Å². The van der Waals surface area contributed by atoms with Crippen molar-refractivity contribution in [2.75, 3.05) is 5.75 Å². The third kappa shape index (κ3) is 4.66. The van der Waals surface area contributed by atoms with Gasteiger partial charge in [0, 0.05) is 11.4 Å². The summed E-state index contributed by atoms with van der Waals surface area (Å²) in [6.45, 7) is 9.36. The lowest BCUT2D eigenvalue weighted by Gasteiger charge is -2.33. The number of carbonyl (C=O) groups excluding carboxylic acids is 2. The summed E-state index contributed by atoms with van der Waals surface area (Å²) in [6, 6.07) is -0.885. The van der Waals surface area contributed by atoms with Gasteiger partial charge in [-0.05, 0) is 42.6 Å². The van der Waals surface area contributed by atoms with Crippen LogP contribution in [0.5, 0.6) is 0 Å². The van der Waals surface area contributed by atoms with Gasteiger partial charge in [0.1, 0.15) is 4.83 Å². The van der Waals surface area contributed by atoms with Gasteiger partial charge in [-0.15, -0.1) is 11.3 Å². The Bertz CT molecular complexity index is 1000. The number of aromatic nitrogens is 2. The zero-order valence-electron chi connectivity index (χ0n) is 17.3. The van der Waals surface area contributed by atoms with Gasteiger partial charge in [-0.1, -0.05) is 39.5 Å². The Morgan fingerprint density at radius 1 is 1.38 bits per heavy atom. The first-order valence-corrected chi connectivity index (χ1v) is 11.7. The van der Waals surface area contributed by atoms with Crippen molar-refractivity contribution in [3.05, 3.63) is 20.8 Å². The predicted octanol–water partition coefficient (Wildman–Crippen LogP) is 3.31. The van der Waals surface area contributed by atoms with Crippen molar-refractivity contribution in [3.8, 4) is 0 Å². The maximum absolute atomic E-state index is 13.3. The van der Waals surface area contributed by atoms with E-state index in [1.165, 1.54) is 4.88 Å². The van der Waals surface area contributed by atoms with Gasteiger partial charge in [-0.2, -0.15) is 0 Å². The number of amides is 3. The van der Waals surface area contributed by atoms with E-state index in [2.05, 4.69) is 20.8 Å². The van der Waals surface area contributed by atoms with Crippen LogP contribution in [0.3, 0.4) is 0 Å². The standard InChI is InChI=1S/C20H28N4O3S2/c1-5-8-24-17(26)15-12-7-6-11(20(2,3)4)9-13(12)29-16(15)23-19(24)28-10-14(25)22-18(21)27/h11H,5-10H2,1-4H3,(H3,21,22,25,27)/t11-/m0/s1. The van der Waals surface area contributed by atoms with Crippen molar-refractivity contribution >= 4 is 45.3 Å². The highest BCUT2D eigenvalue weighted by atomic mass is 32.2. The number of carbonyl (C=O) groups is 2. The van der Waals surface area contributed by atoms with E-state index in [-0.39, 0.29) is 16.7 Å². The number of hydrogen-bond acceptors (Lipinski definition) is 6. The minimum absolute atomic E-state index is 0.0260. The number of nitrogens with zero attached hydrogens (tertiary/aromatic N) is 2. The Hall–Kier alpha value is -1.87. The molecular weight excluding hydrogens is 408 g/mol. The molecule has 3 rings (SSSR count). The van der Waals surface area contributed by atoms with E-state index in [0.717, 1.165) is 53.2 Å². The van der Waals surface area contributed by atoms with Gasteiger partial charge in [-0.25, -0.2) is 9.78 Å². The summed E-state index contributed by atoms with van der Waals surface area (Å²) in [5, 5.41) is 3.30. The SMILES string of the molecule is CCCn1c(SCC(=O)NC(N)=O)nc2sc3c(c2c1=O)CC[C@H](C(C)(C)C)C3. The number of hydrogen-bond donors (Lipinski definition) is 2. The number of primary amides is 1. The van der Waals surface area contributed by atoms with E-state index < -0.39 is 11.9 Å². The molecule has 0 aromatic carbocycles. The Balaban J connectivity index is 1.99. The van der Waals surface area contributed by atoms with E-state index in [0.29, 0.717) is 17.6 Å². The molecule has 3 amide bonds. The van der Waals surface area contributed by atoms with Crippen molar-refractivity contribution < 1.29 is 9.59 Å². The lowest BCUT2D eigenvalue weighted by molar-refractivity contribution is -0.117. The highest BCUT2D eigenvalue weighted by Crippen LogP contribution is 2.42. The zero-order chi connectivity index (χ0) is 21.3. The summed E-state index contributed by atoms with van der Waals surface area (Å²) >= 11 is 2.76. The van der Waals surface area contributed by atoms with Crippen molar-refractivity contribution in [2.45, 2.75) is 65.1 Å². The second kappa shape index (κ2) is 8.47. The van der Waals surface area contributed by atoms with E-state index in [9.17, 15) is 14.4 Å². The summed E-state index contributed by atoms with van der Waals surface area (Å²) < 4.78 is 1.66. The fourth-order valence-corrected chi connectivity index (χ4v) is 5.98. The Morgan fingerprint density at radius 2 is 2.10 bits per heavy atom. The molecule has 0 saturated carbocycles. The summed E-state index contributed by atoms with van der Waals surface area (Å²) in [5.41, 5.74) is 6.36. The van der Waals surface area contributed by atoms with Crippen LogP contribution in [-0.4, -0.2) is 27.2 Å². The van der Waals surface area contributed by atoms with Crippen LogP contribution >= 0.6 is 23.1 Å². The van der Waals surface area contributed by atoms with Gasteiger partial charge in [0.2, 0.25) is 5.91 Å². The number of aryl methyl sites for hydroxylation is 1. The van der Waals surface area contributed by atoms with Gasteiger partial charge in [0.05, 0.1) is 11.1 Å². The zero-order valence-corrected chi connectivity index (χ0v) is 19.0. The quantitative estimate of drug-likeness (QED) is 0.552. The molecule has 0 saturated heterocycles. The second-order valence-corrected chi connectivity index (χ2v) is 10.6. The molecule has 1 aliphatic rings. The summed E-state index contributed by atoms with van der Waals surface area (Å²) in [7, 11) is 0. The summed E-state index contributed by atoms with van der Waals surface area (Å²) in [6.07, 6.45) is 3.76. The van der Waals surface area contributed by atoms with Crippen LogP contribution in [0.1, 0.15) is 51.0 Å². The van der Waals surface area contributed by atoms with Crippen LogP contribution in [0.15, 0.2) is 9.95 Å². The van der Waals surface area contributed by atoms with Gasteiger partial charge in [0.25, 0.3) is 5.56 Å². The average Bonchev–Trinajstić information content (AvgIpc) is 2.99. The van der Waals surface area contributed by atoms with Crippen LogP contribution in [-0.2, 0) is 24.2 Å². The molecule has 1 atom stereocenters. The maximum Gasteiger partial charge on any atom is 0.318 e. The molecule has 2 heterocycles. The number of thiophene rings is 1. The molecule has 2 aromatic heterocycles. The highest BCUT2D eigenvalue weighted by molar-refractivity contribution is 7.99. The molecule has 0 bridgehead atoms. The normalized spacial score (nSPS) is 16.6. The molecule has 0 spiro atoms. The number of fused-ring (bicyclic) bond motifs is 3. The van der Waals surface area contributed by atoms with Crippen LogP contribution in [0.2, 0.25) is 0 Å². The van der Waals surface area contributed by atoms with Crippen molar-refractivity contribution in [3.63, 3.8) is 0 Å². The minimum atomic E-state index is -0.885. The number of imide groups is 1. The molecule has 9 heteroatoms. The third-order valence-electron chi connectivity index (χ3n) is 5.40. The van der Waals surface area contributed by atoms with Crippen LogP contribution in [0.25, 0.3) is 10.2 Å². The Kier molecular flexibility index (Phi) is 6.38. The molecule has 7 nitrogen and oxygen atoms in total. The molecule has 29 heavy (non-hydrogen) atoms. The molecule has 1 aliphatic carbocycles. The summed E-state index contributed by atoms with van der Waals surface area (Å²) in [5.74, 6) is 0.0626. The van der Waals surface area contributed by atoms with E-state index in [4.69, 9.17) is 10.7 Å². The molecule has 158 valence electrons. The van der Waals surface area contributed by atoms with E-state index in [1.54, 1.807) is 15.9 Å². The topological polar surface area (TPSA) is 107 Å². The van der Waals surface area contributed by atoms with Crippen molar-refractivity contribution in [1.29, 1.82) is 0 Å². The highest BCUT2D eigenvalue weighted by Gasteiger charge is 2.32. The minimum Gasteiger partial charge on any atom is -0.351 e. The number of thioether (sulfide) groups is 1. The predicted molar refractivity (Wildman–Crippen MR) is 118 cm³/mol. The molecule has 0 unspecified atom stereocenters. The van der Waals surface area contributed by atoms with E-state index >= 15 is 0 Å². The Labute approximate surface area is 178 Å². The molecular formula is C20H28N4O3S2. The number of nitrogens with two attached hydrogens (primary N) is 1. The first-order chi connectivity index (χ1) is 13.6. The lowest BCUT2D eigenvalue weighted by Crippen LogP contribution is -2.36. The van der Waals surface area contributed by atoms with Crippen molar-refractivity contribution in [1.82, 2.24) is 14.9 Å². The fourth-order valence-electron chi connectivity index (χ4n) is 3.81. The summed E-state index contributed by atoms with van der Waals surface area (Å²) in [4.78, 5) is 42.7. The first-order valence-electron chi connectivity index (χ1n) is 9.89. The number of rotatable bonds is 5. The third-order valence-corrected chi connectivity index (χ3v) is 7.53. The second-order valence-electron chi connectivity index (χ2n) is 8.54. The Morgan fingerprint density at radius 3 is 2.72 bits per heavy atom. The van der Waals surface area contributed by atoms with Crippen molar-refractivity contribution in [2.24, 2.45) is 17.1 Å². The lowest BCUT2D eigenvalue weighted by atomic mass is 9.72. The van der Waals surface area contributed by atoms with Gasteiger partial charge >= 0.3 is 6.03 Å². The van der Waals surface area contributed by atoms with Gasteiger partial charge in [-0.3, -0.25) is 19.5 Å².